The van der Waals surface area contributed by atoms with Gasteiger partial charge in [-0.1, -0.05) is 23.7 Å². The van der Waals surface area contributed by atoms with Gasteiger partial charge in [0.25, 0.3) is 11.8 Å². The number of amides is 2. The minimum absolute atomic E-state index is 0.295. The van der Waals surface area contributed by atoms with E-state index in [9.17, 15) is 9.59 Å². The second-order valence-electron chi connectivity index (χ2n) is 5.81. The number of imide groups is 1. The van der Waals surface area contributed by atoms with Crippen LogP contribution in [0, 0.1) is 0 Å². The minimum atomic E-state index is -0.295. The van der Waals surface area contributed by atoms with E-state index in [1.54, 1.807) is 30.3 Å². The van der Waals surface area contributed by atoms with Gasteiger partial charge in [-0.2, -0.15) is 0 Å². The van der Waals surface area contributed by atoms with Crippen molar-refractivity contribution >= 4 is 29.1 Å². The molecule has 23 heavy (non-hydrogen) atoms. The van der Waals surface area contributed by atoms with Crippen molar-refractivity contribution in [3.05, 3.63) is 58.1 Å². The van der Waals surface area contributed by atoms with E-state index < -0.39 is 0 Å². The molecule has 0 radical (unpaired) electrons. The van der Waals surface area contributed by atoms with Crippen molar-refractivity contribution < 1.29 is 14.3 Å². The van der Waals surface area contributed by atoms with Crippen LogP contribution in [0.25, 0.3) is 0 Å². The molecule has 0 bridgehead atoms. The average molecular weight is 328 g/mol. The molecule has 0 atom stereocenters. The van der Waals surface area contributed by atoms with Crippen LogP contribution >= 0.6 is 11.6 Å². The van der Waals surface area contributed by atoms with Gasteiger partial charge in [0.05, 0.1) is 28.9 Å². The van der Waals surface area contributed by atoms with Gasteiger partial charge in [-0.15, -0.1) is 0 Å². The molecule has 0 N–H and O–H groups in total. The van der Waals surface area contributed by atoms with E-state index in [1.165, 1.54) is 12.0 Å². The van der Waals surface area contributed by atoms with Gasteiger partial charge in [0.2, 0.25) is 0 Å². The summed E-state index contributed by atoms with van der Waals surface area (Å²) in [6.07, 6.45) is 2.08. The van der Waals surface area contributed by atoms with Crippen molar-refractivity contribution in [2.45, 2.75) is 18.8 Å². The van der Waals surface area contributed by atoms with E-state index in [4.69, 9.17) is 16.3 Å². The first kappa shape index (κ1) is 14.3. The molecule has 0 unspecified atom stereocenters. The predicted octanol–water partition coefficient (Wildman–Crippen LogP) is 4.03. The first-order valence-corrected chi connectivity index (χ1v) is 7.85. The monoisotopic (exact) mass is 327 g/mol. The Kier molecular flexibility index (Phi) is 3.16. The Bertz CT molecular complexity index is 807. The lowest BCUT2D eigenvalue weighted by molar-refractivity contribution is 0.0926. The number of carbonyl (C=O) groups is 2. The smallest absolute Gasteiger partial charge is 0.266 e. The highest BCUT2D eigenvalue weighted by molar-refractivity contribution is 6.35. The molecule has 4 rings (SSSR count). The van der Waals surface area contributed by atoms with Crippen LogP contribution in [0.15, 0.2) is 36.4 Å². The number of fused-ring (bicyclic) bond motifs is 1. The Morgan fingerprint density at radius 1 is 1.09 bits per heavy atom. The van der Waals surface area contributed by atoms with Gasteiger partial charge in [0, 0.05) is 6.07 Å². The maximum Gasteiger partial charge on any atom is 0.266 e. The Morgan fingerprint density at radius 3 is 2.22 bits per heavy atom. The third-order valence-corrected chi connectivity index (χ3v) is 4.65. The molecule has 5 heteroatoms. The maximum absolute atomic E-state index is 12.7. The summed E-state index contributed by atoms with van der Waals surface area (Å²) in [6, 6.07) is 10.4. The van der Waals surface area contributed by atoms with Crippen LogP contribution in [0.1, 0.15) is 45.0 Å². The number of nitrogens with zero attached hydrogens (tertiary/aromatic N) is 1. The molecule has 116 valence electrons. The summed E-state index contributed by atoms with van der Waals surface area (Å²) in [5.74, 6) is 0.217. The van der Waals surface area contributed by atoms with Crippen LogP contribution in [0.2, 0.25) is 5.02 Å². The first-order valence-electron chi connectivity index (χ1n) is 7.47. The molecule has 4 nitrogen and oxygen atoms in total. The van der Waals surface area contributed by atoms with Crippen LogP contribution in [0.5, 0.6) is 5.75 Å². The van der Waals surface area contributed by atoms with E-state index in [0.717, 1.165) is 18.4 Å². The molecule has 1 heterocycles. The lowest BCUT2D eigenvalue weighted by Gasteiger charge is -2.20. The van der Waals surface area contributed by atoms with Gasteiger partial charge in [-0.25, -0.2) is 4.90 Å². The van der Waals surface area contributed by atoms with Crippen molar-refractivity contribution in [3.8, 4) is 5.75 Å². The fourth-order valence-electron chi connectivity index (χ4n) is 3.04. The zero-order valence-electron chi connectivity index (χ0n) is 12.5. The summed E-state index contributed by atoms with van der Waals surface area (Å²) < 4.78 is 5.27. The topological polar surface area (TPSA) is 46.6 Å². The molecule has 1 aliphatic heterocycles. The largest absolute Gasteiger partial charge is 0.495 e. The van der Waals surface area contributed by atoms with Gasteiger partial charge in [-0.3, -0.25) is 9.59 Å². The predicted molar refractivity (Wildman–Crippen MR) is 87.6 cm³/mol. The molecular formula is C18H14ClNO3. The Balaban J connectivity index is 1.88. The highest BCUT2D eigenvalue weighted by Crippen LogP contribution is 2.48. The van der Waals surface area contributed by atoms with E-state index in [1.807, 2.05) is 6.07 Å². The lowest BCUT2D eigenvalue weighted by atomic mass is 10.1. The van der Waals surface area contributed by atoms with Crippen LogP contribution < -0.4 is 9.64 Å². The van der Waals surface area contributed by atoms with Crippen molar-refractivity contribution in [2.24, 2.45) is 0 Å². The quantitative estimate of drug-likeness (QED) is 0.800. The van der Waals surface area contributed by atoms with Gasteiger partial charge >= 0.3 is 0 Å². The first-order chi connectivity index (χ1) is 11.1. The molecule has 2 aromatic carbocycles. The highest BCUT2D eigenvalue weighted by atomic mass is 35.5. The molecule has 2 aliphatic rings. The number of hydrogen-bond acceptors (Lipinski definition) is 3. The SMILES string of the molecule is COc1cc(N2C(=O)c3ccccc3C2=O)c(C2CC2)cc1Cl. The summed E-state index contributed by atoms with van der Waals surface area (Å²) in [6.45, 7) is 0. The molecule has 1 fully saturated rings. The number of carbonyl (C=O) groups excluding carboxylic acids is 2. The number of halogens is 1. The molecule has 0 spiro atoms. The Labute approximate surface area is 138 Å². The van der Waals surface area contributed by atoms with Crippen molar-refractivity contribution in [1.82, 2.24) is 0 Å². The number of ether oxygens (including phenoxy) is 1. The van der Waals surface area contributed by atoms with Crippen LogP contribution in [-0.2, 0) is 0 Å². The van der Waals surface area contributed by atoms with E-state index in [0.29, 0.717) is 33.5 Å². The molecule has 1 saturated carbocycles. The molecule has 0 saturated heterocycles. The second-order valence-corrected chi connectivity index (χ2v) is 6.22. The van der Waals surface area contributed by atoms with Gasteiger partial charge in [0.15, 0.2) is 0 Å². The summed E-state index contributed by atoms with van der Waals surface area (Å²) in [4.78, 5) is 26.7. The third kappa shape index (κ3) is 2.13. The number of rotatable bonds is 3. The third-order valence-electron chi connectivity index (χ3n) is 4.35. The fourth-order valence-corrected chi connectivity index (χ4v) is 3.29. The Hall–Kier alpha value is -2.33. The number of methoxy groups -OCH3 is 1. The zero-order chi connectivity index (χ0) is 16.1. The zero-order valence-corrected chi connectivity index (χ0v) is 13.3. The van der Waals surface area contributed by atoms with Crippen LogP contribution in [0.3, 0.4) is 0 Å². The van der Waals surface area contributed by atoms with Gasteiger partial charge in [0.1, 0.15) is 5.75 Å². The Morgan fingerprint density at radius 2 is 1.70 bits per heavy atom. The second kappa shape index (κ2) is 5.10. The molecular weight excluding hydrogens is 314 g/mol. The number of hydrogen-bond donors (Lipinski definition) is 0. The highest BCUT2D eigenvalue weighted by Gasteiger charge is 2.39. The molecule has 1 aliphatic carbocycles. The number of anilines is 1. The summed E-state index contributed by atoms with van der Waals surface area (Å²) in [5.41, 5.74) is 2.39. The van der Waals surface area contributed by atoms with Crippen molar-refractivity contribution in [3.63, 3.8) is 0 Å². The van der Waals surface area contributed by atoms with E-state index >= 15 is 0 Å². The molecule has 2 aromatic rings. The normalized spacial score (nSPS) is 16.7. The van der Waals surface area contributed by atoms with Crippen LogP contribution in [-0.4, -0.2) is 18.9 Å². The van der Waals surface area contributed by atoms with Gasteiger partial charge < -0.3 is 4.74 Å². The number of benzene rings is 2. The van der Waals surface area contributed by atoms with E-state index in [2.05, 4.69) is 0 Å². The lowest BCUT2D eigenvalue weighted by Crippen LogP contribution is -2.30. The molecule has 0 aromatic heterocycles. The summed E-state index contributed by atoms with van der Waals surface area (Å²) in [5, 5.41) is 0.495. The van der Waals surface area contributed by atoms with Crippen LogP contribution in [0.4, 0.5) is 5.69 Å². The molecule has 2 amide bonds. The summed E-state index contributed by atoms with van der Waals surface area (Å²) in [7, 11) is 1.52. The van der Waals surface area contributed by atoms with Gasteiger partial charge in [-0.05, 0) is 42.5 Å². The maximum atomic E-state index is 12.7. The van der Waals surface area contributed by atoms with Crippen molar-refractivity contribution in [2.75, 3.05) is 12.0 Å². The van der Waals surface area contributed by atoms with Crippen molar-refractivity contribution in [1.29, 1.82) is 0 Å². The fraction of sp³-hybridized carbons (Fsp3) is 0.222. The standard InChI is InChI=1S/C18H14ClNO3/c1-23-16-9-15(13(8-14(16)19)10-6-7-10)20-17(21)11-4-2-3-5-12(11)18(20)22/h2-5,8-10H,6-7H2,1H3. The average Bonchev–Trinajstić information content (AvgIpc) is 3.37. The van der Waals surface area contributed by atoms with E-state index in [-0.39, 0.29) is 11.8 Å². The summed E-state index contributed by atoms with van der Waals surface area (Å²) >= 11 is 6.23. The minimum Gasteiger partial charge on any atom is -0.495 e.